The van der Waals surface area contributed by atoms with Crippen LogP contribution in [-0.2, 0) is 6.42 Å². The summed E-state index contributed by atoms with van der Waals surface area (Å²) in [6.07, 6.45) is 0.796. The molecule has 0 spiro atoms. The van der Waals surface area contributed by atoms with Gasteiger partial charge in [-0.05, 0) is 18.2 Å². The van der Waals surface area contributed by atoms with E-state index in [1.807, 2.05) is 32.2 Å². The van der Waals surface area contributed by atoms with Crippen molar-refractivity contribution in [3.05, 3.63) is 40.1 Å². The zero-order valence-corrected chi connectivity index (χ0v) is 12.9. The Labute approximate surface area is 126 Å². The van der Waals surface area contributed by atoms with Crippen molar-refractivity contribution in [2.75, 3.05) is 12.4 Å². The van der Waals surface area contributed by atoms with Crippen molar-refractivity contribution in [1.82, 2.24) is 9.97 Å². The Bertz CT molecular complexity index is 568. The van der Waals surface area contributed by atoms with E-state index < -0.39 is 0 Å². The van der Waals surface area contributed by atoms with Crippen molar-refractivity contribution in [3.8, 4) is 0 Å². The van der Waals surface area contributed by atoms with Crippen LogP contribution in [0.4, 0.5) is 5.82 Å². The van der Waals surface area contributed by atoms with Gasteiger partial charge in [-0.2, -0.15) is 0 Å². The number of halogens is 2. The monoisotopic (exact) mass is 313 g/mol. The molecule has 19 heavy (non-hydrogen) atoms. The van der Waals surface area contributed by atoms with Gasteiger partial charge in [0.1, 0.15) is 16.7 Å². The Balaban J connectivity index is 2.29. The van der Waals surface area contributed by atoms with Crippen molar-refractivity contribution in [2.45, 2.75) is 23.3 Å². The fourth-order valence-electron chi connectivity index (χ4n) is 1.47. The van der Waals surface area contributed by atoms with E-state index in [9.17, 15) is 0 Å². The summed E-state index contributed by atoms with van der Waals surface area (Å²) in [6, 6.07) is 7.45. The van der Waals surface area contributed by atoms with Gasteiger partial charge in [-0.3, -0.25) is 0 Å². The van der Waals surface area contributed by atoms with E-state index in [4.69, 9.17) is 23.2 Å². The molecule has 2 aromatic rings. The summed E-state index contributed by atoms with van der Waals surface area (Å²) in [5.74, 6) is 1.63. The lowest BCUT2D eigenvalue weighted by Gasteiger charge is -2.07. The third-order valence-electron chi connectivity index (χ3n) is 2.43. The minimum atomic E-state index is 0.547. The largest absolute Gasteiger partial charge is 0.373 e. The number of hydrogen-bond acceptors (Lipinski definition) is 4. The van der Waals surface area contributed by atoms with Gasteiger partial charge in [0, 0.05) is 24.4 Å². The quantitative estimate of drug-likeness (QED) is 0.841. The highest BCUT2D eigenvalue weighted by Crippen LogP contribution is 2.32. The van der Waals surface area contributed by atoms with Crippen LogP contribution in [0.3, 0.4) is 0 Å². The van der Waals surface area contributed by atoms with Crippen molar-refractivity contribution < 1.29 is 0 Å². The van der Waals surface area contributed by atoms with Crippen molar-refractivity contribution in [2.24, 2.45) is 0 Å². The van der Waals surface area contributed by atoms with Crippen LogP contribution >= 0.6 is 35.0 Å². The van der Waals surface area contributed by atoms with Crippen LogP contribution in [0.1, 0.15) is 12.7 Å². The molecule has 1 N–H and O–H groups in total. The number of nitrogens with one attached hydrogen (secondary N) is 1. The van der Waals surface area contributed by atoms with Gasteiger partial charge in [0.15, 0.2) is 0 Å². The Morgan fingerprint density at radius 2 is 1.95 bits per heavy atom. The first-order valence-corrected chi connectivity index (χ1v) is 7.38. The predicted octanol–water partition coefficient (Wildman–Crippen LogP) is 4.54. The molecule has 0 atom stereocenters. The van der Waals surface area contributed by atoms with Gasteiger partial charge in [0.2, 0.25) is 0 Å². The standard InChI is InChI=1S/C13H13Cl2N3S/c1-3-11-17-12(16-2)7-13(18-11)19-8-4-5-9(14)10(15)6-8/h4-7H,3H2,1-2H3,(H,16,17,18). The lowest BCUT2D eigenvalue weighted by Crippen LogP contribution is -2.00. The number of benzene rings is 1. The Morgan fingerprint density at radius 3 is 2.58 bits per heavy atom. The lowest BCUT2D eigenvalue weighted by atomic mass is 10.4. The minimum Gasteiger partial charge on any atom is -0.373 e. The Hall–Kier alpha value is -0.970. The number of nitrogens with zero attached hydrogens (tertiary/aromatic N) is 2. The van der Waals surface area contributed by atoms with Crippen LogP contribution in [0.25, 0.3) is 0 Å². The molecule has 0 aliphatic rings. The molecule has 2 rings (SSSR count). The van der Waals surface area contributed by atoms with E-state index in [0.717, 1.165) is 28.0 Å². The van der Waals surface area contributed by atoms with Crippen LogP contribution in [0, 0.1) is 0 Å². The van der Waals surface area contributed by atoms with Crippen LogP contribution in [0.15, 0.2) is 34.2 Å². The second-order valence-electron chi connectivity index (χ2n) is 3.79. The highest BCUT2D eigenvalue weighted by molar-refractivity contribution is 7.99. The van der Waals surface area contributed by atoms with E-state index in [-0.39, 0.29) is 0 Å². The van der Waals surface area contributed by atoms with Gasteiger partial charge in [-0.1, -0.05) is 41.9 Å². The van der Waals surface area contributed by atoms with E-state index in [1.54, 1.807) is 6.07 Å². The molecule has 1 heterocycles. The van der Waals surface area contributed by atoms with Crippen LogP contribution in [0.2, 0.25) is 10.0 Å². The summed E-state index contributed by atoms with van der Waals surface area (Å²) < 4.78 is 0. The number of anilines is 1. The maximum Gasteiger partial charge on any atom is 0.131 e. The first-order valence-electron chi connectivity index (χ1n) is 5.81. The summed E-state index contributed by atoms with van der Waals surface area (Å²) in [5, 5.41) is 5.02. The molecule has 0 radical (unpaired) electrons. The number of aromatic nitrogens is 2. The molecule has 0 aliphatic heterocycles. The zero-order chi connectivity index (χ0) is 13.8. The summed E-state index contributed by atoms with van der Waals surface area (Å²) in [5.41, 5.74) is 0. The average Bonchev–Trinajstić information content (AvgIpc) is 2.42. The smallest absolute Gasteiger partial charge is 0.131 e. The second-order valence-corrected chi connectivity index (χ2v) is 5.70. The van der Waals surface area contributed by atoms with Gasteiger partial charge >= 0.3 is 0 Å². The fourth-order valence-corrected chi connectivity index (χ4v) is 2.71. The van der Waals surface area contributed by atoms with Crippen LogP contribution < -0.4 is 5.32 Å². The van der Waals surface area contributed by atoms with Crippen molar-refractivity contribution in [3.63, 3.8) is 0 Å². The maximum atomic E-state index is 6.01. The first-order chi connectivity index (χ1) is 9.12. The lowest BCUT2D eigenvalue weighted by molar-refractivity contribution is 0.891. The molecule has 100 valence electrons. The summed E-state index contributed by atoms with van der Waals surface area (Å²) in [6.45, 7) is 2.03. The third-order valence-corrected chi connectivity index (χ3v) is 4.08. The SMILES string of the molecule is CCc1nc(NC)cc(Sc2ccc(Cl)c(Cl)c2)n1. The summed E-state index contributed by atoms with van der Waals surface area (Å²) >= 11 is 13.4. The van der Waals surface area contributed by atoms with E-state index in [2.05, 4.69) is 15.3 Å². The molecule has 0 bridgehead atoms. The zero-order valence-electron chi connectivity index (χ0n) is 10.6. The molecule has 0 aliphatic carbocycles. The predicted molar refractivity (Wildman–Crippen MR) is 81.5 cm³/mol. The maximum absolute atomic E-state index is 6.01. The van der Waals surface area contributed by atoms with Gasteiger partial charge in [-0.25, -0.2) is 9.97 Å². The highest BCUT2D eigenvalue weighted by atomic mass is 35.5. The molecule has 3 nitrogen and oxygen atoms in total. The Morgan fingerprint density at radius 1 is 1.16 bits per heavy atom. The molecule has 0 fully saturated rings. The molecule has 0 saturated carbocycles. The van der Waals surface area contributed by atoms with E-state index in [1.165, 1.54) is 11.8 Å². The van der Waals surface area contributed by atoms with Gasteiger partial charge in [-0.15, -0.1) is 0 Å². The van der Waals surface area contributed by atoms with E-state index >= 15 is 0 Å². The summed E-state index contributed by atoms with van der Waals surface area (Å²) in [4.78, 5) is 9.84. The van der Waals surface area contributed by atoms with Crippen LogP contribution in [-0.4, -0.2) is 17.0 Å². The van der Waals surface area contributed by atoms with E-state index in [0.29, 0.717) is 10.0 Å². The molecular weight excluding hydrogens is 301 g/mol. The molecule has 1 aromatic carbocycles. The van der Waals surface area contributed by atoms with Gasteiger partial charge in [0.05, 0.1) is 10.0 Å². The molecule has 0 unspecified atom stereocenters. The third kappa shape index (κ3) is 3.75. The normalized spacial score (nSPS) is 10.5. The first kappa shape index (κ1) is 14.4. The fraction of sp³-hybridized carbons (Fsp3) is 0.231. The highest BCUT2D eigenvalue weighted by Gasteiger charge is 2.06. The number of aryl methyl sites for hydroxylation is 1. The number of hydrogen-bond donors (Lipinski definition) is 1. The van der Waals surface area contributed by atoms with Gasteiger partial charge < -0.3 is 5.32 Å². The topological polar surface area (TPSA) is 37.8 Å². The minimum absolute atomic E-state index is 0.547. The second kappa shape index (κ2) is 6.46. The molecule has 0 saturated heterocycles. The molecular formula is C13H13Cl2N3S. The van der Waals surface area contributed by atoms with Crippen molar-refractivity contribution in [1.29, 1.82) is 0 Å². The summed E-state index contributed by atoms with van der Waals surface area (Å²) in [7, 11) is 1.84. The number of rotatable bonds is 4. The van der Waals surface area contributed by atoms with Crippen molar-refractivity contribution >= 4 is 40.8 Å². The molecule has 0 amide bonds. The Kier molecular flexibility index (Phi) is 4.91. The average molecular weight is 314 g/mol. The molecule has 6 heteroatoms. The molecule has 1 aromatic heterocycles. The van der Waals surface area contributed by atoms with Crippen LogP contribution in [0.5, 0.6) is 0 Å². The van der Waals surface area contributed by atoms with Gasteiger partial charge in [0.25, 0.3) is 0 Å².